The van der Waals surface area contributed by atoms with Gasteiger partial charge in [0.05, 0.1) is 23.7 Å². The number of methoxy groups -OCH3 is 1. The summed E-state index contributed by atoms with van der Waals surface area (Å²) < 4.78 is 11.8. The van der Waals surface area contributed by atoms with Crippen molar-refractivity contribution in [3.63, 3.8) is 0 Å². The molecule has 0 saturated heterocycles. The standard InChI is InChI=1S/C33H24N4O5S/c1-41-29-15-22(21-11-17-16-42-28-6-3-2-5-19(28)20(17)13-24(21)32(39)40)23(14-25(29)30-7-4-10-43-30)31(38)35-18-8-9-26-27(12-18)37-33(34)36-26/h2-15H,16H2,1H3,(H,35,38)(H,39,40)(H3,34,36,37). The van der Waals surface area contributed by atoms with E-state index in [0.717, 1.165) is 27.1 Å². The van der Waals surface area contributed by atoms with Crippen LogP contribution in [0.15, 0.2) is 84.2 Å². The van der Waals surface area contributed by atoms with E-state index in [4.69, 9.17) is 15.2 Å². The van der Waals surface area contributed by atoms with Crippen LogP contribution in [-0.2, 0) is 6.61 Å². The third-order valence-electron chi connectivity index (χ3n) is 7.45. The number of nitrogens with two attached hydrogens (primary N) is 1. The zero-order valence-electron chi connectivity index (χ0n) is 22.8. The van der Waals surface area contributed by atoms with Crippen molar-refractivity contribution in [1.82, 2.24) is 9.97 Å². The predicted octanol–water partition coefficient (Wildman–Crippen LogP) is 7.06. The van der Waals surface area contributed by atoms with Gasteiger partial charge in [-0.05, 0) is 82.2 Å². The summed E-state index contributed by atoms with van der Waals surface area (Å²) in [6.45, 7) is 0.262. The van der Waals surface area contributed by atoms with Gasteiger partial charge in [0.15, 0.2) is 5.95 Å². The van der Waals surface area contributed by atoms with Crippen molar-refractivity contribution in [2.24, 2.45) is 0 Å². The number of aromatic carboxylic acids is 1. The summed E-state index contributed by atoms with van der Waals surface area (Å²) in [5, 5.41) is 15.3. The number of amides is 1. The molecule has 0 saturated carbocycles. The first kappa shape index (κ1) is 26.3. The Labute approximate surface area is 249 Å². The number of benzene rings is 4. The number of H-pyrrole nitrogens is 1. The molecule has 43 heavy (non-hydrogen) atoms. The van der Waals surface area contributed by atoms with Gasteiger partial charge in [-0.15, -0.1) is 11.3 Å². The number of carboxylic acids is 1. The van der Waals surface area contributed by atoms with E-state index in [-0.39, 0.29) is 23.7 Å². The van der Waals surface area contributed by atoms with Gasteiger partial charge in [-0.1, -0.05) is 24.3 Å². The maximum absolute atomic E-state index is 14.0. The molecule has 7 rings (SSSR count). The lowest BCUT2D eigenvalue weighted by atomic mass is 9.87. The minimum Gasteiger partial charge on any atom is -0.496 e. The molecule has 4 aromatic carbocycles. The van der Waals surface area contributed by atoms with Gasteiger partial charge in [0.25, 0.3) is 5.91 Å². The zero-order valence-corrected chi connectivity index (χ0v) is 23.6. The van der Waals surface area contributed by atoms with Crippen LogP contribution in [0, 0.1) is 0 Å². The molecule has 0 bridgehead atoms. The van der Waals surface area contributed by atoms with Crippen molar-refractivity contribution in [3.8, 4) is 44.2 Å². The molecule has 10 heteroatoms. The molecule has 0 atom stereocenters. The molecular weight excluding hydrogens is 564 g/mol. The van der Waals surface area contributed by atoms with Crippen molar-refractivity contribution < 1.29 is 24.2 Å². The Morgan fingerprint density at radius 2 is 1.77 bits per heavy atom. The fraction of sp³-hybridized carbons (Fsp3) is 0.0606. The van der Waals surface area contributed by atoms with Crippen LogP contribution in [0.2, 0.25) is 0 Å². The molecular formula is C33H24N4O5S. The maximum Gasteiger partial charge on any atom is 0.336 e. The van der Waals surface area contributed by atoms with Crippen LogP contribution < -0.4 is 20.5 Å². The Kier molecular flexibility index (Phi) is 6.32. The Bertz CT molecular complexity index is 2070. The number of nitrogen functional groups attached to an aromatic ring is 1. The second-order valence-corrected chi connectivity index (χ2v) is 11.0. The number of nitrogens with zero attached hydrogens (tertiary/aromatic N) is 1. The summed E-state index contributed by atoms with van der Waals surface area (Å²) >= 11 is 1.51. The van der Waals surface area contributed by atoms with Crippen molar-refractivity contribution in [1.29, 1.82) is 0 Å². The molecule has 0 radical (unpaired) electrons. The first-order chi connectivity index (χ1) is 20.9. The highest BCUT2D eigenvalue weighted by atomic mass is 32.1. The largest absolute Gasteiger partial charge is 0.496 e. The molecule has 1 aliphatic rings. The number of hydrogen-bond donors (Lipinski definition) is 4. The molecule has 0 aliphatic carbocycles. The van der Waals surface area contributed by atoms with Crippen LogP contribution >= 0.6 is 11.3 Å². The van der Waals surface area contributed by atoms with E-state index in [0.29, 0.717) is 39.3 Å². The monoisotopic (exact) mass is 588 g/mol. The summed E-state index contributed by atoms with van der Waals surface area (Å²) in [5.74, 6) is -0.0532. The van der Waals surface area contributed by atoms with Crippen LogP contribution in [0.3, 0.4) is 0 Å². The lowest BCUT2D eigenvalue weighted by molar-refractivity contribution is 0.0697. The number of ether oxygens (including phenoxy) is 2. The van der Waals surface area contributed by atoms with Gasteiger partial charge in [0.1, 0.15) is 18.1 Å². The summed E-state index contributed by atoms with van der Waals surface area (Å²) in [6, 6.07) is 23.6. The number of rotatable bonds is 6. The molecule has 3 heterocycles. The molecule has 1 amide bonds. The number of hydrogen-bond acceptors (Lipinski definition) is 7. The number of imidazole rings is 1. The number of anilines is 2. The predicted molar refractivity (Wildman–Crippen MR) is 167 cm³/mol. The molecule has 9 nitrogen and oxygen atoms in total. The highest BCUT2D eigenvalue weighted by Crippen LogP contribution is 2.44. The Balaban J connectivity index is 1.42. The number of thiophene rings is 1. The zero-order chi connectivity index (χ0) is 29.7. The van der Waals surface area contributed by atoms with Crippen molar-refractivity contribution in [3.05, 3.63) is 101 Å². The lowest BCUT2D eigenvalue weighted by Crippen LogP contribution is -2.15. The van der Waals surface area contributed by atoms with Gasteiger partial charge in [-0.25, -0.2) is 9.78 Å². The van der Waals surface area contributed by atoms with Gasteiger partial charge in [0, 0.05) is 27.3 Å². The van der Waals surface area contributed by atoms with Gasteiger partial charge < -0.3 is 30.6 Å². The number of carboxylic acid groups (broad SMARTS) is 1. The van der Waals surface area contributed by atoms with Crippen LogP contribution in [0.25, 0.3) is 43.7 Å². The lowest BCUT2D eigenvalue weighted by Gasteiger charge is -2.23. The molecule has 0 spiro atoms. The number of aromatic nitrogens is 2. The third-order valence-corrected chi connectivity index (χ3v) is 8.36. The number of carbonyl (C=O) groups excluding carboxylic acids is 1. The first-order valence-corrected chi connectivity index (χ1v) is 14.2. The highest BCUT2D eigenvalue weighted by molar-refractivity contribution is 7.13. The third kappa shape index (κ3) is 4.63. The highest BCUT2D eigenvalue weighted by Gasteiger charge is 2.26. The van der Waals surface area contributed by atoms with E-state index in [2.05, 4.69) is 15.3 Å². The summed E-state index contributed by atoms with van der Waals surface area (Å²) in [6.07, 6.45) is 0. The second kappa shape index (κ2) is 10.3. The van der Waals surface area contributed by atoms with Crippen molar-refractivity contribution in [2.75, 3.05) is 18.2 Å². The van der Waals surface area contributed by atoms with Crippen LogP contribution in [0.4, 0.5) is 11.6 Å². The molecule has 2 aromatic heterocycles. The quantitative estimate of drug-likeness (QED) is 0.163. The minimum absolute atomic E-state index is 0.0600. The number of fused-ring (bicyclic) bond motifs is 4. The molecule has 6 aromatic rings. The van der Waals surface area contributed by atoms with E-state index < -0.39 is 11.9 Å². The van der Waals surface area contributed by atoms with E-state index in [9.17, 15) is 14.7 Å². The second-order valence-electron chi connectivity index (χ2n) is 10.0. The van der Waals surface area contributed by atoms with Gasteiger partial charge in [-0.3, -0.25) is 4.79 Å². The smallest absolute Gasteiger partial charge is 0.336 e. The summed E-state index contributed by atoms with van der Waals surface area (Å²) in [5.41, 5.74) is 11.9. The normalized spacial score (nSPS) is 11.8. The Hall–Kier alpha value is -5.61. The van der Waals surface area contributed by atoms with Gasteiger partial charge >= 0.3 is 5.97 Å². The fourth-order valence-corrected chi connectivity index (χ4v) is 6.22. The SMILES string of the molecule is COc1cc(-c2cc3c(cc2C(=O)O)-c2ccccc2OC3)c(C(=O)Nc2ccc3nc(N)[nH]c3c2)cc1-c1cccs1. The van der Waals surface area contributed by atoms with E-state index in [1.54, 1.807) is 49.6 Å². The average molecular weight is 589 g/mol. The van der Waals surface area contributed by atoms with Gasteiger partial charge in [0.2, 0.25) is 0 Å². The van der Waals surface area contributed by atoms with Crippen LogP contribution in [0.5, 0.6) is 11.5 Å². The maximum atomic E-state index is 14.0. The summed E-state index contributed by atoms with van der Waals surface area (Å²) in [7, 11) is 1.55. The van der Waals surface area contributed by atoms with E-state index in [1.165, 1.54) is 11.3 Å². The number of aromatic amines is 1. The topological polar surface area (TPSA) is 140 Å². The number of nitrogens with one attached hydrogen (secondary N) is 2. The Morgan fingerprint density at radius 1 is 0.953 bits per heavy atom. The number of carbonyl (C=O) groups is 2. The molecule has 212 valence electrons. The fourth-order valence-electron chi connectivity index (χ4n) is 5.47. The molecule has 5 N–H and O–H groups in total. The van der Waals surface area contributed by atoms with Gasteiger partial charge in [-0.2, -0.15) is 0 Å². The van der Waals surface area contributed by atoms with E-state index in [1.807, 2.05) is 41.8 Å². The summed E-state index contributed by atoms with van der Waals surface area (Å²) in [4.78, 5) is 34.8. The molecule has 0 fully saturated rings. The molecule has 0 unspecified atom stereocenters. The average Bonchev–Trinajstić information content (AvgIpc) is 3.68. The minimum atomic E-state index is -1.11. The van der Waals surface area contributed by atoms with Crippen molar-refractivity contribution >= 4 is 45.9 Å². The van der Waals surface area contributed by atoms with Crippen molar-refractivity contribution in [2.45, 2.75) is 6.61 Å². The first-order valence-electron chi connectivity index (χ1n) is 13.3. The van der Waals surface area contributed by atoms with E-state index >= 15 is 0 Å². The number of para-hydroxylation sites is 1. The van der Waals surface area contributed by atoms with Crippen LogP contribution in [-0.4, -0.2) is 34.1 Å². The Morgan fingerprint density at radius 3 is 2.56 bits per heavy atom. The van der Waals surface area contributed by atoms with Crippen LogP contribution in [0.1, 0.15) is 26.3 Å². The molecule has 1 aliphatic heterocycles.